The molecule has 0 saturated heterocycles. The van der Waals surface area contributed by atoms with Crippen molar-refractivity contribution in [3.05, 3.63) is 23.8 Å². The normalized spacial score (nSPS) is 20.6. The first-order chi connectivity index (χ1) is 11.0. The Labute approximate surface area is 135 Å². The van der Waals surface area contributed by atoms with Gasteiger partial charge in [-0.2, -0.15) is 0 Å². The second kappa shape index (κ2) is 7.85. The van der Waals surface area contributed by atoms with Crippen molar-refractivity contribution in [2.24, 2.45) is 5.92 Å². The molecule has 2 rings (SSSR count). The van der Waals surface area contributed by atoms with Crippen LogP contribution in [-0.2, 0) is 9.53 Å². The highest BCUT2D eigenvalue weighted by Gasteiger charge is 2.21. The molecule has 0 unspecified atom stereocenters. The lowest BCUT2D eigenvalue weighted by molar-refractivity contribution is -0.125. The van der Waals surface area contributed by atoms with Crippen molar-refractivity contribution in [1.82, 2.24) is 5.32 Å². The van der Waals surface area contributed by atoms with Gasteiger partial charge in [0.15, 0.2) is 6.61 Å². The minimum atomic E-state index is -0.756. The van der Waals surface area contributed by atoms with Gasteiger partial charge in [0.1, 0.15) is 17.1 Å². The Morgan fingerprint density at radius 3 is 2.61 bits per heavy atom. The van der Waals surface area contributed by atoms with E-state index in [1.165, 1.54) is 25.3 Å². The summed E-state index contributed by atoms with van der Waals surface area (Å²) in [7, 11) is 1.46. The fraction of sp³-hybridized carbons (Fsp3) is 0.529. The van der Waals surface area contributed by atoms with Gasteiger partial charge in [-0.1, -0.05) is 6.92 Å². The zero-order valence-electron chi connectivity index (χ0n) is 13.5. The lowest BCUT2D eigenvalue weighted by Gasteiger charge is -2.26. The summed E-state index contributed by atoms with van der Waals surface area (Å²) >= 11 is 0. The van der Waals surface area contributed by atoms with Gasteiger partial charge in [-0.3, -0.25) is 4.79 Å². The summed E-state index contributed by atoms with van der Waals surface area (Å²) in [6.07, 6.45) is 4.11. The van der Waals surface area contributed by atoms with Crippen molar-refractivity contribution in [2.75, 3.05) is 13.7 Å². The van der Waals surface area contributed by atoms with E-state index in [4.69, 9.17) is 9.47 Å². The molecule has 0 aliphatic heterocycles. The molecule has 23 heavy (non-hydrogen) atoms. The Balaban J connectivity index is 1.83. The lowest BCUT2D eigenvalue weighted by atomic mass is 9.87. The van der Waals surface area contributed by atoms with Crippen LogP contribution in [0.3, 0.4) is 0 Å². The first-order valence-corrected chi connectivity index (χ1v) is 7.83. The van der Waals surface area contributed by atoms with Gasteiger partial charge in [-0.05, 0) is 49.8 Å². The average Bonchev–Trinajstić information content (AvgIpc) is 2.55. The summed E-state index contributed by atoms with van der Waals surface area (Å²) < 4.78 is 9.96. The van der Waals surface area contributed by atoms with Gasteiger partial charge >= 0.3 is 5.97 Å². The third-order valence-electron chi connectivity index (χ3n) is 4.14. The Kier molecular flexibility index (Phi) is 5.84. The number of aromatic hydroxyl groups is 1. The summed E-state index contributed by atoms with van der Waals surface area (Å²) in [5.74, 6) is -0.154. The number of rotatable bonds is 5. The second-order valence-corrected chi connectivity index (χ2v) is 5.98. The highest BCUT2D eigenvalue weighted by atomic mass is 16.5. The molecule has 0 spiro atoms. The Morgan fingerprint density at radius 2 is 1.96 bits per heavy atom. The average molecular weight is 321 g/mol. The maximum absolute atomic E-state index is 12.0. The number of carbonyl (C=O) groups excluding carboxylic acids is 2. The van der Waals surface area contributed by atoms with E-state index in [0.717, 1.165) is 25.7 Å². The number of phenols is 1. The summed E-state index contributed by atoms with van der Waals surface area (Å²) in [5.41, 5.74) is -0.0244. The smallest absolute Gasteiger partial charge is 0.342 e. The van der Waals surface area contributed by atoms with Crippen LogP contribution in [0.2, 0.25) is 0 Å². The fourth-order valence-corrected chi connectivity index (χ4v) is 2.69. The van der Waals surface area contributed by atoms with E-state index < -0.39 is 5.97 Å². The van der Waals surface area contributed by atoms with Gasteiger partial charge in [-0.25, -0.2) is 4.79 Å². The molecule has 6 heteroatoms. The van der Waals surface area contributed by atoms with Crippen LogP contribution >= 0.6 is 0 Å². The molecule has 1 aromatic carbocycles. The van der Waals surface area contributed by atoms with Crippen molar-refractivity contribution in [3.63, 3.8) is 0 Å². The Morgan fingerprint density at radius 1 is 1.26 bits per heavy atom. The molecule has 6 nitrogen and oxygen atoms in total. The molecule has 1 aliphatic carbocycles. The van der Waals surface area contributed by atoms with E-state index in [-0.39, 0.29) is 29.9 Å². The first kappa shape index (κ1) is 17.1. The molecular formula is C17H23NO5. The number of ether oxygens (including phenoxy) is 2. The molecule has 1 fully saturated rings. The van der Waals surface area contributed by atoms with Crippen LogP contribution in [0.15, 0.2) is 18.2 Å². The molecule has 0 heterocycles. The number of hydrogen-bond donors (Lipinski definition) is 2. The zero-order valence-corrected chi connectivity index (χ0v) is 13.5. The van der Waals surface area contributed by atoms with E-state index in [2.05, 4.69) is 12.2 Å². The highest BCUT2D eigenvalue weighted by Crippen LogP contribution is 2.24. The molecule has 2 N–H and O–H groups in total. The standard InChI is InChI=1S/C17H23NO5/c1-11-3-5-12(6-4-11)18-16(20)10-23-17(21)14-9-13(22-2)7-8-15(14)19/h7-9,11-12,19H,3-6,10H2,1-2H3,(H,18,20). The first-order valence-electron chi connectivity index (χ1n) is 7.83. The van der Waals surface area contributed by atoms with Crippen LogP contribution in [0.25, 0.3) is 0 Å². The summed E-state index contributed by atoms with van der Waals surface area (Å²) in [6.45, 7) is 1.85. The molecule has 0 radical (unpaired) electrons. The fourth-order valence-electron chi connectivity index (χ4n) is 2.69. The number of hydrogen-bond acceptors (Lipinski definition) is 5. The maximum Gasteiger partial charge on any atom is 0.342 e. The third-order valence-corrected chi connectivity index (χ3v) is 4.14. The Hall–Kier alpha value is -2.24. The van der Waals surface area contributed by atoms with Gasteiger partial charge in [0.05, 0.1) is 7.11 Å². The predicted molar refractivity (Wildman–Crippen MR) is 84.5 cm³/mol. The van der Waals surface area contributed by atoms with E-state index in [1.807, 2.05) is 0 Å². The number of methoxy groups -OCH3 is 1. The largest absolute Gasteiger partial charge is 0.507 e. The molecule has 126 valence electrons. The van der Waals surface area contributed by atoms with Crippen LogP contribution < -0.4 is 10.1 Å². The van der Waals surface area contributed by atoms with Crippen LogP contribution in [0, 0.1) is 5.92 Å². The second-order valence-electron chi connectivity index (χ2n) is 5.98. The van der Waals surface area contributed by atoms with Crippen LogP contribution in [0.1, 0.15) is 43.0 Å². The van der Waals surface area contributed by atoms with Crippen LogP contribution in [-0.4, -0.2) is 36.7 Å². The van der Waals surface area contributed by atoms with E-state index in [0.29, 0.717) is 11.7 Å². The molecule has 0 atom stereocenters. The minimum absolute atomic E-state index is 0.0244. The van der Waals surface area contributed by atoms with Crippen LogP contribution in [0.5, 0.6) is 11.5 Å². The van der Waals surface area contributed by atoms with Gasteiger partial charge in [0.25, 0.3) is 5.91 Å². The molecule has 0 aromatic heterocycles. The van der Waals surface area contributed by atoms with Gasteiger partial charge in [0.2, 0.25) is 0 Å². The summed E-state index contributed by atoms with van der Waals surface area (Å²) in [5, 5.41) is 12.6. The Bertz CT molecular complexity index is 564. The van der Waals surface area contributed by atoms with Crippen molar-refractivity contribution in [3.8, 4) is 11.5 Å². The molecule has 1 amide bonds. The van der Waals surface area contributed by atoms with Gasteiger partial charge < -0.3 is 19.9 Å². The van der Waals surface area contributed by atoms with Crippen molar-refractivity contribution < 1.29 is 24.2 Å². The lowest BCUT2D eigenvalue weighted by Crippen LogP contribution is -2.39. The SMILES string of the molecule is COc1ccc(O)c(C(=O)OCC(=O)NC2CCC(C)CC2)c1. The monoisotopic (exact) mass is 321 g/mol. The molecule has 1 aromatic rings. The maximum atomic E-state index is 12.0. The minimum Gasteiger partial charge on any atom is -0.507 e. The number of benzene rings is 1. The van der Waals surface area contributed by atoms with Crippen LogP contribution in [0.4, 0.5) is 0 Å². The van der Waals surface area contributed by atoms with E-state index >= 15 is 0 Å². The molecule has 1 aliphatic rings. The van der Waals surface area contributed by atoms with Crippen molar-refractivity contribution in [1.29, 1.82) is 0 Å². The number of amides is 1. The number of carbonyl (C=O) groups is 2. The molecule has 1 saturated carbocycles. The molecular weight excluding hydrogens is 298 g/mol. The van der Waals surface area contributed by atoms with Crippen molar-refractivity contribution in [2.45, 2.75) is 38.6 Å². The van der Waals surface area contributed by atoms with E-state index in [1.54, 1.807) is 0 Å². The number of esters is 1. The van der Waals surface area contributed by atoms with Crippen molar-refractivity contribution >= 4 is 11.9 Å². The quantitative estimate of drug-likeness (QED) is 0.813. The third kappa shape index (κ3) is 4.87. The predicted octanol–water partition coefficient (Wildman–Crippen LogP) is 2.25. The topological polar surface area (TPSA) is 84.9 Å². The highest BCUT2D eigenvalue weighted by molar-refractivity contribution is 5.94. The van der Waals surface area contributed by atoms with Gasteiger partial charge in [-0.15, -0.1) is 0 Å². The van der Waals surface area contributed by atoms with Gasteiger partial charge in [0, 0.05) is 6.04 Å². The molecule has 0 bridgehead atoms. The number of phenolic OH excluding ortho intramolecular Hbond substituents is 1. The number of nitrogens with one attached hydrogen (secondary N) is 1. The summed E-state index contributed by atoms with van der Waals surface area (Å²) in [6, 6.07) is 4.40. The zero-order chi connectivity index (χ0) is 16.8. The summed E-state index contributed by atoms with van der Waals surface area (Å²) in [4.78, 5) is 23.8. The van der Waals surface area contributed by atoms with E-state index in [9.17, 15) is 14.7 Å².